The first-order valence-corrected chi connectivity index (χ1v) is 8.23. The number of amides is 2. The van der Waals surface area contributed by atoms with E-state index in [0.29, 0.717) is 12.8 Å². The standard InChI is InChI=1S/C16H26N2O4/c1-9(2)13(16(21)22)18-15(20)12-6-4-3-5-11(12)14(19)17-10-7-8-10/h9-13H,3-8H2,1-2H3,(H,17,19)(H,18,20)(H,21,22). The molecule has 2 rings (SSSR count). The van der Waals surface area contributed by atoms with E-state index >= 15 is 0 Å². The van der Waals surface area contributed by atoms with Gasteiger partial charge in [-0.3, -0.25) is 9.59 Å². The summed E-state index contributed by atoms with van der Waals surface area (Å²) in [6.45, 7) is 3.52. The van der Waals surface area contributed by atoms with Gasteiger partial charge in [-0.25, -0.2) is 4.79 Å². The summed E-state index contributed by atoms with van der Waals surface area (Å²) in [6, 6.07) is -0.623. The van der Waals surface area contributed by atoms with Crippen LogP contribution in [0.3, 0.4) is 0 Å². The summed E-state index contributed by atoms with van der Waals surface area (Å²) in [4.78, 5) is 36.0. The van der Waals surface area contributed by atoms with Gasteiger partial charge in [0, 0.05) is 17.9 Å². The zero-order chi connectivity index (χ0) is 16.3. The topological polar surface area (TPSA) is 95.5 Å². The number of carboxylic acid groups (broad SMARTS) is 1. The van der Waals surface area contributed by atoms with Crippen molar-refractivity contribution < 1.29 is 19.5 Å². The summed E-state index contributed by atoms with van der Waals surface area (Å²) >= 11 is 0. The SMILES string of the molecule is CC(C)C(NC(=O)C1CCCCC1C(=O)NC1CC1)C(=O)O. The van der Waals surface area contributed by atoms with Crippen molar-refractivity contribution in [1.82, 2.24) is 10.6 Å². The average Bonchev–Trinajstić information content (AvgIpc) is 3.27. The predicted octanol–water partition coefficient (Wildman–Crippen LogP) is 1.30. The van der Waals surface area contributed by atoms with Crippen molar-refractivity contribution in [3.8, 4) is 0 Å². The minimum Gasteiger partial charge on any atom is -0.480 e. The van der Waals surface area contributed by atoms with Crippen LogP contribution in [0.25, 0.3) is 0 Å². The van der Waals surface area contributed by atoms with Gasteiger partial charge >= 0.3 is 5.97 Å². The highest BCUT2D eigenvalue weighted by Crippen LogP contribution is 2.32. The Morgan fingerprint density at radius 2 is 1.50 bits per heavy atom. The molecule has 0 saturated heterocycles. The van der Waals surface area contributed by atoms with Crippen LogP contribution in [-0.2, 0) is 14.4 Å². The lowest BCUT2D eigenvalue weighted by atomic mass is 9.78. The Morgan fingerprint density at radius 1 is 0.955 bits per heavy atom. The first-order chi connectivity index (χ1) is 10.4. The number of hydrogen-bond donors (Lipinski definition) is 3. The molecular formula is C16H26N2O4. The van der Waals surface area contributed by atoms with Crippen LogP contribution < -0.4 is 10.6 Å². The summed E-state index contributed by atoms with van der Waals surface area (Å²) in [6.07, 6.45) is 5.24. The van der Waals surface area contributed by atoms with Crippen molar-refractivity contribution in [2.45, 2.75) is 64.5 Å². The van der Waals surface area contributed by atoms with E-state index in [2.05, 4.69) is 10.6 Å². The smallest absolute Gasteiger partial charge is 0.326 e. The summed E-state index contributed by atoms with van der Waals surface area (Å²) in [5.41, 5.74) is 0. The Labute approximate surface area is 131 Å². The quantitative estimate of drug-likeness (QED) is 0.689. The molecule has 0 aromatic rings. The van der Waals surface area contributed by atoms with Gasteiger partial charge in [-0.15, -0.1) is 0 Å². The number of nitrogens with one attached hydrogen (secondary N) is 2. The second kappa shape index (κ2) is 7.11. The molecule has 0 aromatic heterocycles. The third-order valence-electron chi connectivity index (χ3n) is 4.59. The molecule has 3 N–H and O–H groups in total. The van der Waals surface area contributed by atoms with Gasteiger partial charge in [0.25, 0.3) is 0 Å². The maximum Gasteiger partial charge on any atom is 0.326 e. The molecule has 2 fully saturated rings. The van der Waals surface area contributed by atoms with Crippen LogP contribution >= 0.6 is 0 Å². The van der Waals surface area contributed by atoms with Gasteiger partial charge in [-0.05, 0) is 31.6 Å². The van der Waals surface area contributed by atoms with Crippen molar-refractivity contribution in [2.75, 3.05) is 0 Å². The maximum absolute atomic E-state index is 12.5. The number of rotatable bonds is 6. The van der Waals surface area contributed by atoms with Gasteiger partial charge in [0.1, 0.15) is 6.04 Å². The molecule has 0 bridgehead atoms. The average molecular weight is 310 g/mol. The zero-order valence-electron chi connectivity index (χ0n) is 13.3. The van der Waals surface area contributed by atoms with E-state index < -0.39 is 17.9 Å². The lowest BCUT2D eigenvalue weighted by Gasteiger charge is -2.31. The molecule has 2 aliphatic carbocycles. The van der Waals surface area contributed by atoms with Crippen LogP contribution in [0.4, 0.5) is 0 Å². The Balaban J connectivity index is 2.00. The highest BCUT2D eigenvalue weighted by atomic mass is 16.4. The van der Waals surface area contributed by atoms with Crippen molar-refractivity contribution in [1.29, 1.82) is 0 Å². The van der Waals surface area contributed by atoms with Crippen molar-refractivity contribution in [3.63, 3.8) is 0 Å². The molecule has 3 atom stereocenters. The number of carbonyl (C=O) groups is 3. The first-order valence-electron chi connectivity index (χ1n) is 8.23. The molecule has 0 spiro atoms. The van der Waals surface area contributed by atoms with E-state index in [4.69, 9.17) is 0 Å². The third kappa shape index (κ3) is 4.21. The van der Waals surface area contributed by atoms with Crippen molar-refractivity contribution in [2.24, 2.45) is 17.8 Å². The van der Waals surface area contributed by atoms with Crippen LogP contribution in [0.15, 0.2) is 0 Å². The van der Waals surface area contributed by atoms with Crippen molar-refractivity contribution >= 4 is 17.8 Å². The Kier molecular flexibility index (Phi) is 5.42. The summed E-state index contributed by atoms with van der Waals surface area (Å²) in [7, 11) is 0. The number of carbonyl (C=O) groups excluding carboxylic acids is 2. The molecular weight excluding hydrogens is 284 g/mol. The molecule has 0 radical (unpaired) electrons. The molecule has 6 heteroatoms. The Hall–Kier alpha value is -1.59. The third-order valence-corrected chi connectivity index (χ3v) is 4.59. The zero-order valence-corrected chi connectivity index (χ0v) is 13.3. The van der Waals surface area contributed by atoms with E-state index in [1.165, 1.54) is 0 Å². The fraction of sp³-hybridized carbons (Fsp3) is 0.812. The monoisotopic (exact) mass is 310 g/mol. The fourth-order valence-corrected chi connectivity index (χ4v) is 3.07. The van der Waals surface area contributed by atoms with Crippen LogP contribution in [0, 0.1) is 17.8 Å². The molecule has 2 aliphatic rings. The van der Waals surface area contributed by atoms with Gasteiger partial charge in [-0.1, -0.05) is 26.7 Å². The normalized spacial score (nSPS) is 26.3. The molecule has 2 amide bonds. The van der Waals surface area contributed by atoms with Gasteiger partial charge in [0.15, 0.2) is 0 Å². The molecule has 2 saturated carbocycles. The number of aliphatic carboxylic acids is 1. The highest BCUT2D eigenvalue weighted by Gasteiger charge is 2.39. The number of hydrogen-bond acceptors (Lipinski definition) is 3. The van der Waals surface area contributed by atoms with Gasteiger partial charge in [0.05, 0.1) is 0 Å². The molecule has 0 aromatic carbocycles. The molecule has 124 valence electrons. The lowest BCUT2D eigenvalue weighted by Crippen LogP contribution is -2.50. The molecule has 3 unspecified atom stereocenters. The second-order valence-electron chi connectivity index (χ2n) is 6.85. The van der Waals surface area contributed by atoms with Crippen molar-refractivity contribution in [3.05, 3.63) is 0 Å². The summed E-state index contributed by atoms with van der Waals surface area (Å²) in [5, 5.41) is 14.8. The van der Waals surface area contributed by atoms with E-state index in [1.807, 2.05) is 0 Å². The Morgan fingerprint density at radius 3 is 1.95 bits per heavy atom. The van der Waals surface area contributed by atoms with E-state index in [0.717, 1.165) is 25.7 Å². The molecule has 22 heavy (non-hydrogen) atoms. The Bertz CT molecular complexity index is 445. The van der Waals surface area contributed by atoms with E-state index in [1.54, 1.807) is 13.8 Å². The summed E-state index contributed by atoms with van der Waals surface area (Å²) in [5.74, 6) is -2.29. The van der Waals surface area contributed by atoms with Crippen LogP contribution in [0.1, 0.15) is 52.4 Å². The fourth-order valence-electron chi connectivity index (χ4n) is 3.07. The highest BCUT2D eigenvalue weighted by molar-refractivity contribution is 5.90. The molecule has 0 aliphatic heterocycles. The minimum atomic E-state index is -1.03. The molecule has 0 heterocycles. The predicted molar refractivity (Wildman–Crippen MR) is 81.0 cm³/mol. The number of carboxylic acids is 1. The van der Waals surface area contributed by atoms with Crippen LogP contribution in [-0.4, -0.2) is 35.0 Å². The van der Waals surface area contributed by atoms with Crippen LogP contribution in [0.5, 0.6) is 0 Å². The van der Waals surface area contributed by atoms with Gasteiger partial charge in [-0.2, -0.15) is 0 Å². The molecule has 6 nitrogen and oxygen atoms in total. The maximum atomic E-state index is 12.5. The largest absolute Gasteiger partial charge is 0.480 e. The lowest BCUT2D eigenvalue weighted by molar-refractivity contribution is -0.145. The van der Waals surface area contributed by atoms with Gasteiger partial charge < -0.3 is 15.7 Å². The van der Waals surface area contributed by atoms with E-state index in [9.17, 15) is 19.5 Å². The first kappa shape index (κ1) is 16.8. The van der Waals surface area contributed by atoms with Gasteiger partial charge in [0.2, 0.25) is 11.8 Å². The minimum absolute atomic E-state index is 0.0428. The van der Waals surface area contributed by atoms with E-state index in [-0.39, 0.29) is 29.7 Å². The summed E-state index contributed by atoms with van der Waals surface area (Å²) < 4.78 is 0. The van der Waals surface area contributed by atoms with Crippen LogP contribution in [0.2, 0.25) is 0 Å². The second-order valence-corrected chi connectivity index (χ2v) is 6.85.